The van der Waals surface area contributed by atoms with E-state index in [1.54, 1.807) is 6.07 Å². The molecule has 1 N–H and O–H groups in total. The number of aryl methyl sites for hydroxylation is 2. The van der Waals surface area contributed by atoms with E-state index in [9.17, 15) is 4.39 Å². The van der Waals surface area contributed by atoms with Crippen molar-refractivity contribution in [1.82, 2.24) is 0 Å². The summed E-state index contributed by atoms with van der Waals surface area (Å²) in [6.45, 7) is 3.90. The summed E-state index contributed by atoms with van der Waals surface area (Å²) in [6, 6.07) is 5.56. The summed E-state index contributed by atoms with van der Waals surface area (Å²) in [7, 11) is 0.500. The highest BCUT2D eigenvalue weighted by Crippen LogP contribution is 2.15. The van der Waals surface area contributed by atoms with E-state index in [-0.39, 0.29) is 0 Å². The molecule has 11 heavy (non-hydrogen) atoms. The summed E-state index contributed by atoms with van der Waals surface area (Å²) >= 11 is 0. The molecule has 0 saturated heterocycles. The number of alkyl halides is 1. The Hall–Kier alpha value is -1.05. The number of benzene rings is 1. The zero-order chi connectivity index (χ0) is 8.85. The van der Waals surface area contributed by atoms with Gasteiger partial charge in [-0.1, -0.05) is 17.7 Å². The van der Waals surface area contributed by atoms with Crippen molar-refractivity contribution in [2.75, 3.05) is 7.18 Å². The van der Waals surface area contributed by atoms with Crippen LogP contribution < -0.4 is 0 Å². The molecule has 0 aliphatic carbocycles. The third-order valence-electron chi connectivity index (χ3n) is 1.35. The fourth-order valence-corrected chi connectivity index (χ4v) is 0.805. The van der Waals surface area contributed by atoms with Crippen LogP contribution in [0.2, 0.25) is 0 Å². The van der Waals surface area contributed by atoms with Gasteiger partial charge in [-0.2, -0.15) is 0 Å². The van der Waals surface area contributed by atoms with Crippen molar-refractivity contribution >= 4 is 0 Å². The van der Waals surface area contributed by atoms with Gasteiger partial charge in [0.05, 0.1) is 7.18 Å². The van der Waals surface area contributed by atoms with Crippen LogP contribution in [0.15, 0.2) is 18.2 Å². The van der Waals surface area contributed by atoms with Gasteiger partial charge in [-0.05, 0) is 25.5 Å². The van der Waals surface area contributed by atoms with Gasteiger partial charge < -0.3 is 5.11 Å². The number of phenolic OH excluding ortho intramolecular Hbond substituents is 1. The molecule has 0 aliphatic rings. The average Bonchev–Trinajstić information content (AvgIpc) is 2.02. The molecule has 0 fully saturated rings. The molecule has 0 atom stereocenters. The number of halogens is 1. The topological polar surface area (TPSA) is 20.2 Å². The van der Waals surface area contributed by atoms with E-state index in [1.165, 1.54) is 5.56 Å². The Labute approximate surface area is 66.5 Å². The van der Waals surface area contributed by atoms with Crippen molar-refractivity contribution in [3.05, 3.63) is 29.3 Å². The number of rotatable bonds is 0. The molecule has 0 spiro atoms. The number of phenols is 1. The Morgan fingerprint density at radius 1 is 1.18 bits per heavy atom. The minimum Gasteiger partial charge on any atom is -0.508 e. The van der Waals surface area contributed by atoms with Crippen molar-refractivity contribution in [2.45, 2.75) is 13.8 Å². The number of aromatic hydroxyl groups is 1. The van der Waals surface area contributed by atoms with Crippen LogP contribution in [-0.2, 0) is 0 Å². The van der Waals surface area contributed by atoms with Crippen LogP contribution >= 0.6 is 0 Å². The molecule has 1 rings (SSSR count). The molecule has 62 valence electrons. The molecule has 0 heterocycles. The minimum absolute atomic E-state index is 0.376. The first-order valence-electron chi connectivity index (χ1n) is 3.34. The Morgan fingerprint density at radius 3 is 2.09 bits per heavy atom. The molecular formula is C9H13FO. The van der Waals surface area contributed by atoms with Gasteiger partial charge in [0.1, 0.15) is 5.75 Å². The third-order valence-corrected chi connectivity index (χ3v) is 1.35. The van der Waals surface area contributed by atoms with Crippen molar-refractivity contribution < 1.29 is 9.50 Å². The SMILES string of the molecule is CF.Cc1ccc(O)c(C)c1. The maximum absolute atomic E-state index is 9.50. The molecule has 0 amide bonds. The Morgan fingerprint density at radius 2 is 1.73 bits per heavy atom. The second-order valence-corrected chi connectivity index (χ2v) is 2.29. The van der Waals surface area contributed by atoms with Gasteiger partial charge in [0.15, 0.2) is 0 Å². The highest BCUT2D eigenvalue weighted by Gasteiger charge is 1.91. The van der Waals surface area contributed by atoms with E-state index < -0.39 is 0 Å². The minimum atomic E-state index is 0.376. The molecule has 0 aliphatic heterocycles. The fraction of sp³-hybridized carbons (Fsp3) is 0.333. The second-order valence-electron chi connectivity index (χ2n) is 2.29. The van der Waals surface area contributed by atoms with E-state index >= 15 is 0 Å². The predicted octanol–water partition coefficient (Wildman–Crippen LogP) is 2.59. The third kappa shape index (κ3) is 3.03. The molecule has 1 aromatic rings. The molecule has 1 nitrogen and oxygen atoms in total. The highest BCUT2D eigenvalue weighted by atomic mass is 19.1. The molecule has 0 radical (unpaired) electrons. The van der Waals surface area contributed by atoms with Gasteiger partial charge in [0.25, 0.3) is 0 Å². The van der Waals surface area contributed by atoms with E-state index in [1.807, 2.05) is 26.0 Å². The van der Waals surface area contributed by atoms with Gasteiger partial charge in [-0.15, -0.1) is 0 Å². The average molecular weight is 156 g/mol. The summed E-state index contributed by atoms with van der Waals surface area (Å²) < 4.78 is 9.50. The number of hydrogen-bond donors (Lipinski definition) is 1. The lowest BCUT2D eigenvalue weighted by Crippen LogP contribution is -1.75. The van der Waals surface area contributed by atoms with Crippen molar-refractivity contribution in [1.29, 1.82) is 0 Å². The van der Waals surface area contributed by atoms with Crippen LogP contribution in [0.5, 0.6) is 5.75 Å². The highest BCUT2D eigenvalue weighted by molar-refractivity contribution is 5.34. The summed E-state index contributed by atoms with van der Waals surface area (Å²) in [5.41, 5.74) is 2.13. The summed E-state index contributed by atoms with van der Waals surface area (Å²) in [5, 5.41) is 9.04. The zero-order valence-corrected chi connectivity index (χ0v) is 7.06. The lowest BCUT2D eigenvalue weighted by Gasteiger charge is -1.97. The number of hydrogen-bond acceptors (Lipinski definition) is 1. The molecular weight excluding hydrogens is 143 g/mol. The first-order valence-corrected chi connectivity index (χ1v) is 3.34. The van der Waals surface area contributed by atoms with Crippen molar-refractivity contribution in [2.24, 2.45) is 0 Å². The van der Waals surface area contributed by atoms with Crippen molar-refractivity contribution in [3.63, 3.8) is 0 Å². The molecule has 0 saturated carbocycles. The zero-order valence-electron chi connectivity index (χ0n) is 7.06. The monoisotopic (exact) mass is 156 g/mol. The quantitative estimate of drug-likeness (QED) is 0.612. The Kier molecular flexibility index (Phi) is 4.27. The largest absolute Gasteiger partial charge is 0.508 e. The second kappa shape index (κ2) is 4.72. The van der Waals surface area contributed by atoms with Crippen LogP contribution in [0.1, 0.15) is 11.1 Å². The maximum Gasteiger partial charge on any atom is 0.118 e. The van der Waals surface area contributed by atoms with Crippen LogP contribution in [0.3, 0.4) is 0 Å². The molecule has 2 heteroatoms. The predicted molar refractivity (Wildman–Crippen MR) is 44.6 cm³/mol. The van der Waals surface area contributed by atoms with Crippen LogP contribution in [0, 0.1) is 13.8 Å². The van der Waals surface area contributed by atoms with Gasteiger partial charge in [0, 0.05) is 0 Å². The van der Waals surface area contributed by atoms with Crippen LogP contribution in [0.25, 0.3) is 0 Å². The molecule has 1 aromatic carbocycles. The van der Waals surface area contributed by atoms with Gasteiger partial charge in [-0.3, -0.25) is 4.39 Å². The summed E-state index contributed by atoms with van der Waals surface area (Å²) in [4.78, 5) is 0. The van der Waals surface area contributed by atoms with E-state index in [0.717, 1.165) is 5.56 Å². The van der Waals surface area contributed by atoms with E-state index in [4.69, 9.17) is 5.11 Å². The van der Waals surface area contributed by atoms with Gasteiger partial charge in [0.2, 0.25) is 0 Å². The normalized spacial score (nSPS) is 8.36. The first kappa shape index (κ1) is 9.95. The van der Waals surface area contributed by atoms with E-state index in [0.29, 0.717) is 12.9 Å². The van der Waals surface area contributed by atoms with Crippen LogP contribution in [-0.4, -0.2) is 12.3 Å². The first-order chi connectivity index (χ1) is 5.20. The Bertz CT molecular complexity index is 221. The summed E-state index contributed by atoms with van der Waals surface area (Å²) in [5.74, 6) is 0.376. The summed E-state index contributed by atoms with van der Waals surface area (Å²) in [6.07, 6.45) is 0. The lowest BCUT2D eigenvalue weighted by atomic mass is 10.1. The van der Waals surface area contributed by atoms with Crippen molar-refractivity contribution in [3.8, 4) is 5.75 Å². The standard InChI is InChI=1S/C8H10O.CH3F/c1-6-3-4-8(9)7(2)5-6;1-2/h3-5,9H,1-2H3;1H3. The smallest absolute Gasteiger partial charge is 0.118 e. The molecule has 0 unspecified atom stereocenters. The lowest BCUT2D eigenvalue weighted by molar-refractivity contribution is 0.471. The van der Waals surface area contributed by atoms with E-state index in [2.05, 4.69) is 0 Å². The van der Waals surface area contributed by atoms with Crippen LogP contribution in [0.4, 0.5) is 4.39 Å². The van der Waals surface area contributed by atoms with Gasteiger partial charge >= 0.3 is 0 Å². The Balaban J connectivity index is 0.000000461. The van der Waals surface area contributed by atoms with Gasteiger partial charge in [-0.25, -0.2) is 0 Å². The fourth-order valence-electron chi connectivity index (χ4n) is 0.805. The molecule has 0 aromatic heterocycles. The maximum atomic E-state index is 9.50. The molecule has 0 bridgehead atoms.